The number of nitrogens with zero attached hydrogens (tertiary/aromatic N) is 4. The van der Waals surface area contributed by atoms with E-state index in [2.05, 4.69) is 20.4 Å². The molecule has 6 nitrogen and oxygen atoms in total. The van der Waals surface area contributed by atoms with Gasteiger partial charge in [-0.05, 0) is 44.7 Å². The standard InChI is InChI=1S/C17H18ClN5OS/c1-9-13(18)6-5-7-14(9)20-15(24)8-12-10(2)19-16-21-17(25-4)22-23(16)11(12)3/h5-7H,8H2,1-4H3,(H,20,24). The number of aryl methyl sites for hydroxylation is 2. The first kappa shape index (κ1) is 17.7. The van der Waals surface area contributed by atoms with Gasteiger partial charge in [-0.15, -0.1) is 5.10 Å². The molecule has 2 aromatic heterocycles. The third-order valence-corrected chi connectivity index (χ3v) is 5.04. The zero-order valence-corrected chi connectivity index (χ0v) is 16.0. The van der Waals surface area contributed by atoms with Gasteiger partial charge in [-0.3, -0.25) is 4.79 Å². The van der Waals surface area contributed by atoms with Crippen LogP contribution >= 0.6 is 23.4 Å². The second-order valence-electron chi connectivity index (χ2n) is 5.71. The number of hydrogen-bond donors (Lipinski definition) is 1. The quantitative estimate of drug-likeness (QED) is 0.705. The summed E-state index contributed by atoms with van der Waals surface area (Å²) >= 11 is 7.57. The lowest BCUT2D eigenvalue weighted by atomic mass is 10.1. The number of thioether (sulfide) groups is 1. The Labute approximate surface area is 155 Å². The third kappa shape index (κ3) is 3.48. The molecule has 0 bridgehead atoms. The predicted octanol–water partition coefficient (Wildman–Crippen LogP) is 3.61. The first-order valence-electron chi connectivity index (χ1n) is 7.72. The van der Waals surface area contributed by atoms with Crippen LogP contribution in [-0.2, 0) is 11.2 Å². The molecule has 1 amide bonds. The van der Waals surface area contributed by atoms with Crippen LogP contribution in [0, 0.1) is 20.8 Å². The monoisotopic (exact) mass is 375 g/mol. The molecule has 0 unspecified atom stereocenters. The van der Waals surface area contributed by atoms with Gasteiger partial charge in [0.15, 0.2) is 0 Å². The largest absolute Gasteiger partial charge is 0.326 e. The van der Waals surface area contributed by atoms with Crippen molar-refractivity contribution in [1.29, 1.82) is 0 Å². The Hall–Kier alpha value is -2.12. The van der Waals surface area contributed by atoms with Gasteiger partial charge in [0.2, 0.25) is 11.1 Å². The van der Waals surface area contributed by atoms with E-state index in [0.717, 1.165) is 22.5 Å². The molecule has 0 aliphatic carbocycles. The number of aromatic nitrogens is 4. The Morgan fingerprint density at radius 2 is 2.04 bits per heavy atom. The maximum absolute atomic E-state index is 12.5. The number of halogens is 1. The van der Waals surface area contributed by atoms with Crippen molar-refractivity contribution in [3.63, 3.8) is 0 Å². The van der Waals surface area contributed by atoms with Gasteiger partial charge in [-0.2, -0.15) is 4.98 Å². The first-order valence-corrected chi connectivity index (χ1v) is 9.32. The topological polar surface area (TPSA) is 72.2 Å². The zero-order valence-electron chi connectivity index (χ0n) is 14.4. The van der Waals surface area contributed by atoms with Gasteiger partial charge in [-0.1, -0.05) is 29.4 Å². The van der Waals surface area contributed by atoms with E-state index in [-0.39, 0.29) is 12.3 Å². The van der Waals surface area contributed by atoms with E-state index in [1.54, 1.807) is 10.6 Å². The van der Waals surface area contributed by atoms with Gasteiger partial charge in [0, 0.05) is 27.7 Å². The average Bonchev–Trinajstić information content (AvgIpc) is 2.99. The van der Waals surface area contributed by atoms with Gasteiger partial charge >= 0.3 is 0 Å². The van der Waals surface area contributed by atoms with E-state index in [9.17, 15) is 4.79 Å². The van der Waals surface area contributed by atoms with Crippen LogP contribution in [0.5, 0.6) is 0 Å². The van der Waals surface area contributed by atoms with Crippen molar-refractivity contribution < 1.29 is 4.79 Å². The van der Waals surface area contributed by atoms with E-state index >= 15 is 0 Å². The number of benzene rings is 1. The molecule has 3 rings (SSSR count). The molecule has 1 N–H and O–H groups in total. The maximum Gasteiger partial charge on any atom is 0.253 e. The number of nitrogens with one attached hydrogen (secondary N) is 1. The minimum atomic E-state index is -0.122. The molecule has 2 heterocycles. The van der Waals surface area contributed by atoms with Crippen LogP contribution in [0.2, 0.25) is 5.02 Å². The normalized spacial score (nSPS) is 11.1. The molecular formula is C17H18ClN5OS. The lowest BCUT2D eigenvalue weighted by Crippen LogP contribution is -2.18. The molecule has 0 spiro atoms. The number of carbonyl (C=O) groups excluding carboxylic acids is 1. The number of anilines is 1. The molecule has 0 atom stereocenters. The molecule has 0 fully saturated rings. The molecule has 0 saturated heterocycles. The second-order valence-corrected chi connectivity index (χ2v) is 6.89. The summed E-state index contributed by atoms with van der Waals surface area (Å²) in [6.45, 7) is 5.68. The van der Waals surface area contributed by atoms with E-state index in [0.29, 0.717) is 21.6 Å². The maximum atomic E-state index is 12.5. The summed E-state index contributed by atoms with van der Waals surface area (Å²) in [5.41, 5.74) is 4.06. The SMILES string of the molecule is CSc1nc2nc(C)c(CC(=O)Nc3cccc(Cl)c3C)c(C)n2n1. The fraction of sp³-hybridized carbons (Fsp3) is 0.294. The Morgan fingerprint density at radius 1 is 1.28 bits per heavy atom. The summed E-state index contributed by atoms with van der Waals surface area (Å²) in [4.78, 5) is 21.3. The predicted molar refractivity (Wildman–Crippen MR) is 101 cm³/mol. The van der Waals surface area contributed by atoms with Crippen molar-refractivity contribution in [2.75, 3.05) is 11.6 Å². The van der Waals surface area contributed by atoms with Crippen molar-refractivity contribution in [2.45, 2.75) is 32.3 Å². The van der Waals surface area contributed by atoms with Crippen LogP contribution in [0.15, 0.2) is 23.4 Å². The number of carbonyl (C=O) groups is 1. The minimum absolute atomic E-state index is 0.122. The Balaban J connectivity index is 1.89. The minimum Gasteiger partial charge on any atom is -0.326 e. The van der Waals surface area contributed by atoms with Crippen LogP contribution in [0.25, 0.3) is 5.78 Å². The molecule has 130 valence electrons. The van der Waals surface area contributed by atoms with Crippen LogP contribution in [0.4, 0.5) is 5.69 Å². The molecule has 1 aromatic carbocycles. The van der Waals surface area contributed by atoms with E-state index in [1.807, 2.05) is 39.2 Å². The molecule has 3 aromatic rings. The van der Waals surface area contributed by atoms with E-state index < -0.39 is 0 Å². The van der Waals surface area contributed by atoms with Gasteiger partial charge in [-0.25, -0.2) is 9.50 Å². The lowest BCUT2D eigenvalue weighted by molar-refractivity contribution is -0.115. The molecular weight excluding hydrogens is 358 g/mol. The molecule has 0 aliphatic rings. The zero-order chi connectivity index (χ0) is 18.1. The van der Waals surface area contributed by atoms with E-state index in [4.69, 9.17) is 11.6 Å². The number of hydrogen-bond acceptors (Lipinski definition) is 5. The highest BCUT2D eigenvalue weighted by atomic mass is 35.5. The van der Waals surface area contributed by atoms with Crippen molar-refractivity contribution >= 4 is 40.7 Å². The van der Waals surface area contributed by atoms with Crippen LogP contribution in [-0.4, -0.2) is 31.7 Å². The van der Waals surface area contributed by atoms with Crippen molar-refractivity contribution in [2.24, 2.45) is 0 Å². The van der Waals surface area contributed by atoms with Gasteiger partial charge < -0.3 is 5.32 Å². The summed E-state index contributed by atoms with van der Waals surface area (Å²) in [7, 11) is 0. The number of amides is 1. The fourth-order valence-corrected chi connectivity index (χ4v) is 3.14. The highest BCUT2D eigenvalue weighted by Gasteiger charge is 2.16. The Kier molecular flexibility index (Phi) is 4.96. The van der Waals surface area contributed by atoms with Crippen molar-refractivity contribution in [3.05, 3.63) is 45.7 Å². The fourth-order valence-electron chi connectivity index (χ4n) is 2.63. The first-order chi connectivity index (χ1) is 11.9. The summed E-state index contributed by atoms with van der Waals surface area (Å²) in [6.07, 6.45) is 2.12. The van der Waals surface area contributed by atoms with Gasteiger partial charge in [0.25, 0.3) is 5.78 Å². The smallest absolute Gasteiger partial charge is 0.253 e. The lowest BCUT2D eigenvalue weighted by Gasteiger charge is -2.12. The Bertz CT molecular complexity index is 969. The molecule has 0 radical (unpaired) electrons. The average molecular weight is 376 g/mol. The summed E-state index contributed by atoms with van der Waals surface area (Å²) in [5.74, 6) is 0.428. The second kappa shape index (κ2) is 7.01. The summed E-state index contributed by atoms with van der Waals surface area (Å²) in [5, 5.41) is 8.61. The molecule has 0 aliphatic heterocycles. The molecule has 25 heavy (non-hydrogen) atoms. The number of rotatable bonds is 4. The number of fused-ring (bicyclic) bond motifs is 1. The highest BCUT2D eigenvalue weighted by Crippen LogP contribution is 2.23. The van der Waals surface area contributed by atoms with Gasteiger partial charge in [0.1, 0.15) is 0 Å². The van der Waals surface area contributed by atoms with Crippen LogP contribution in [0.3, 0.4) is 0 Å². The van der Waals surface area contributed by atoms with Crippen molar-refractivity contribution in [3.8, 4) is 0 Å². The summed E-state index contributed by atoms with van der Waals surface area (Å²) < 4.78 is 1.69. The van der Waals surface area contributed by atoms with Crippen LogP contribution in [0.1, 0.15) is 22.5 Å². The third-order valence-electron chi connectivity index (χ3n) is 4.09. The highest BCUT2D eigenvalue weighted by molar-refractivity contribution is 7.98. The van der Waals surface area contributed by atoms with Gasteiger partial charge in [0.05, 0.1) is 6.42 Å². The van der Waals surface area contributed by atoms with Crippen molar-refractivity contribution in [1.82, 2.24) is 19.6 Å². The molecule has 0 saturated carbocycles. The van der Waals surface area contributed by atoms with E-state index in [1.165, 1.54) is 11.8 Å². The molecule has 8 heteroatoms. The van der Waals surface area contributed by atoms with Crippen LogP contribution < -0.4 is 5.32 Å². The Morgan fingerprint density at radius 3 is 2.76 bits per heavy atom. The summed E-state index contributed by atoms with van der Waals surface area (Å²) in [6, 6.07) is 5.45.